The van der Waals surface area contributed by atoms with E-state index in [1.54, 1.807) is 20.8 Å². The lowest BCUT2D eigenvalue weighted by molar-refractivity contribution is 0.0635. The molecule has 0 aliphatic rings. The fraction of sp³-hybridized carbons (Fsp3) is 0.500. The molecule has 0 bridgehead atoms. The van der Waals surface area contributed by atoms with Gasteiger partial charge in [-0.25, -0.2) is 13.6 Å². The number of hydrogen-bond donors (Lipinski definition) is 1. The summed E-state index contributed by atoms with van der Waals surface area (Å²) in [5, 5.41) is 8.55. The van der Waals surface area contributed by atoms with Crippen molar-refractivity contribution in [1.82, 2.24) is 10.2 Å². The van der Waals surface area contributed by atoms with Crippen molar-refractivity contribution in [3.63, 3.8) is 0 Å². The van der Waals surface area contributed by atoms with Crippen molar-refractivity contribution < 1.29 is 18.3 Å². The molecule has 5 nitrogen and oxygen atoms in total. The summed E-state index contributed by atoms with van der Waals surface area (Å²) >= 11 is 5.63. The Balaban J connectivity index is 2.84. The zero-order chi connectivity index (χ0) is 13.9. The number of nitrogens with one attached hydrogen (secondary N) is 1. The van der Waals surface area contributed by atoms with E-state index in [0.717, 1.165) is 6.07 Å². The number of alkyl halides is 2. The molecule has 1 N–H and O–H groups in total. The predicted octanol–water partition coefficient (Wildman–Crippen LogP) is 3.41. The van der Waals surface area contributed by atoms with E-state index in [1.807, 2.05) is 0 Å². The number of hydrogen-bond acceptors (Lipinski definition) is 4. The van der Waals surface area contributed by atoms with Crippen LogP contribution in [-0.2, 0) is 4.74 Å². The molecular formula is C10H12ClF2N3O2. The Bertz CT molecular complexity index is 449. The summed E-state index contributed by atoms with van der Waals surface area (Å²) in [4.78, 5) is 11.4. The Kier molecular flexibility index (Phi) is 4.39. The van der Waals surface area contributed by atoms with E-state index < -0.39 is 23.8 Å². The van der Waals surface area contributed by atoms with Crippen LogP contribution in [0.1, 0.15) is 32.9 Å². The number of rotatable bonds is 2. The molecule has 1 amide bonds. The molecule has 18 heavy (non-hydrogen) atoms. The number of halogens is 3. The zero-order valence-electron chi connectivity index (χ0n) is 10.00. The molecule has 8 heteroatoms. The SMILES string of the molecule is CC(C)(C)OC(=O)Nc1cc(C(F)F)nnc1Cl. The van der Waals surface area contributed by atoms with E-state index in [4.69, 9.17) is 16.3 Å². The first-order valence-corrected chi connectivity index (χ1v) is 5.38. The van der Waals surface area contributed by atoms with Gasteiger partial charge in [0.25, 0.3) is 6.43 Å². The Morgan fingerprint density at radius 1 is 1.44 bits per heavy atom. The van der Waals surface area contributed by atoms with Crippen LogP contribution >= 0.6 is 11.6 Å². The summed E-state index contributed by atoms with van der Waals surface area (Å²) in [6.45, 7) is 5.01. The number of amides is 1. The molecule has 1 aromatic heterocycles. The van der Waals surface area contributed by atoms with Gasteiger partial charge in [-0.15, -0.1) is 10.2 Å². The lowest BCUT2D eigenvalue weighted by Crippen LogP contribution is -2.27. The first-order valence-electron chi connectivity index (χ1n) is 5.00. The van der Waals surface area contributed by atoms with Gasteiger partial charge >= 0.3 is 6.09 Å². The fourth-order valence-electron chi connectivity index (χ4n) is 1.000. The number of carbonyl (C=O) groups excluding carboxylic acids is 1. The van der Waals surface area contributed by atoms with Gasteiger partial charge in [0.05, 0.1) is 5.69 Å². The monoisotopic (exact) mass is 279 g/mol. The maximum atomic E-state index is 12.4. The molecule has 0 unspecified atom stereocenters. The molecule has 1 aromatic rings. The smallest absolute Gasteiger partial charge is 0.412 e. The largest absolute Gasteiger partial charge is 0.444 e. The van der Waals surface area contributed by atoms with Crippen LogP contribution in [0.4, 0.5) is 19.3 Å². The van der Waals surface area contributed by atoms with Gasteiger partial charge in [0.2, 0.25) is 0 Å². The van der Waals surface area contributed by atoms with Crippen LogP contribution in [0.25, 0.3) is 0 Å². The van der Waals surface area contributed by atoms with E-state index in [-0.39, 0.29) is 10.8 Å². The lowest BCUT2D eigenvalue weighted by Gasteiger charge is -2.19. The minimum Gasteiger partial charge on any atom is -0.444 e. The highest BCUT2D eigenvalue weighted by Crippen LogP contribution is 2.24. The molecule has 0 aromatic carbocycles. The molecule has 0 atom stereocenters. The summed E-state index contributed by atoms with van der Waals surface area (Å²) in [6, 6.07) is 0.948. The van der Waals surface area contributed by atoms with Crippen molar-refractivity contribution in [1.29, 1.82) is 0 Å². The quantitative estimate of drug-likeness (QED) is 0.901. The van der Waals surface area contributed by atoms with Gasteiger partial charge in [-0.3, -0.25) is 5.32 Å². The summed E-state index contributed by atoms with van der Waals surface area (Å²) in [5.74, 6) is 0. The highest BCUT2D eigenvalue weighted by molar-refractivity contribution is 6.32. The van der Waals surface area contributed by atoms with Crippen molar-refractivity contribution in [3.05, 3.63) is 16.9 Å². The van der Waals surface area contributed by atoms with Crippen molar-refractivity contribution in [2.45, 2.75) is 32.8 Å². The topological polar surface area (TPSA) is 64.1 Å². The fourth-order valence-corrected chi connectivity index (χ4v) is 1.14. The Labute approximate surface area is 107 Å². The average molecular weight is 280 g/mol. The maximum Gasteiger partial charge on any atom is 0.412 e. The molecule has 1 heterocycles. The van der Waals surface area contributed by atoms with Crippen LogP contribution in [0.2, 0.25) is 5.15 Å². The third-order valence-electron chi connectivity index (χ3n) is 1.63. The van der Waals surface area contributed by atoms with Crippen LogP contribution < -0.4 is 5.32 Å². The van der Waals surface area contributed by atoms with Crippen molar-refractivity contribution >= 4 is 23.4 Å². The van der Waals surface area contributed by atoms with Crippen LogP contribution in [0.5, 0.6) is 0 Å². The highest BCUT2D eigenvalue weighted by Gasteiger charge is 2.19. The molecule has 0 fully saturated rings. The second kappa shape index (κ2) is 5.43. The summed E-state index contributed by atoms with van der Waals surface area (Å²) in [5.41, 5.74) is -1.36. The number of nitrogens with zero attached hydrogens (tertiary/aromatic N) is 2. The Morgan fingerprint density at radius 3 is 2.56 bits per heavy atom. The Morgan fingerprint density at radius 2 is 2.06 bits per heavy atom. The van der Waals surface area contributed by atoms with E-state index in [1.165, 1.54) is 0 Å². The van der Waals surface area contributed by atoms with Gasteiger partial charge in [0.15, 0.2) is 5.15 Å². The molecule has 0 saturated heterocycles. The van der Waals surface area contributed by atoms with E-state index in [9.17, 15) is 13.6 Å². The average Bonchev–Trinajstić information content (AvgIpc) is 2.18. The maximum absolute atomic E-state index is 12.4. The second-order valence-electron chi connectivity index (χ2n) is 4.40. The molecule has 1 rings (SSSR count). The minimum absolute atomic E-state index is 0.0729. The van der Waals surface area contributed by atoms with Gasteiger partial charge in [-0.2, -0.15) is 0 Å². The first-order chi connectivity index (χ1) is 8.19. The number of carbonyl (C=O) groups is 1. The summed E-state index contributed by atoms with van der Waals surface area (Å²) in [7, 11) is 0. The van der Waals surface area contributed by atoms with Crippen molar-refractivity contribution in [2.24, 2.45) is 0 Å². The lowest BCUT2D eigenvalue weighted by atomic mass is 10.2. The van der Waals surface area contributed by atoms with Crippen LogP contribution in [0.15, 0.2) is 6.07 Å². The molecule has 0 radical (unpaired) electrons. The van der Waals surface area contributed by atoms with Crippen LogP contribution in [0, 0.1) is 0 Å². The number of aromatic nitrogens is 2. The molecule has 100 valence electrons. The normalized spacial score (nSPS) is 11.5. The van der Waals surface area contributed by atoms with Gasteiger partial charge in [0.1, 0.15) is 11.3 Å². The third kappa shape index (κ3) is 4.40. The standard InChI is InChI=1S/C10H12ClF2N3O2/c1-10(2,3)18-9(17)14-5-4-6(8(12)13)15-16-7(5)11/h4,8H,1-3H3,(H,14,15,17). The molecular weight excluding hydrogens is 268 g/mol. The van der Waals surface area contributed by atoms with Gasteiger partial charge < -0.3 is 4.74 Å². The number of anilines is 1. The zero-order valence-corrected chi connectivity index (χ0v) is 10.8. The predicted molar refractivity (Wildman–Crippen MR) is 61.9 cm³/mol. The summed E-state index contributed by atoms with van der Waals surface area (Å²) in [6.07, 6.45) is -3.61. The minimum atomic E-state index is -2.80. The van der Waals surface area contributed by atoms with Gasteiger partial charge in [0, 0.05) is 0 Å². The molecule has 0 saturated carbocycles. The van der Waals surface area contributed by atoms with E-state index >= 15 is 0 Å². The van der Waals surface area contributed by atoms with Gasteiger partial charge in [-0.05, 0) is 26.8 Å². The summed E-state index contributed by atoms with van der Waals surface area (Å²) < 4.78 is 29.7. The third-order valence-corrected chi connectivity index (χ3v) is 1.91. The van der Waals surface area contributed by atoms with Crippen LogP contribution in [-0.4, -0.2) is 21.9 Å². The molecule has 0 aliphatic heterocycles. The molecule has 0 aliphatic carbocycles. The van der Waals surface area contributed by atoms with Crippen molar-refractivity contribution in [2.75, 3.05) is 5.32 Å². The van der Waals surface area contributed by atoms with E-state index in [0.29, 0.717) is 0 Å². The second-order valence-corrected chi connectivity index (χ2v) is 4.76. The highest BCUT2D eigenvalue weighted by atomic mass is 35.5. The first kappa shape index (κ1) is 14.6. The number of ether oxygens (including phenoxy) is 1. The Hall–Kier alpha value is -1.50. The van der Waals surface area contributed by atoms with Gasteiger partial charge in [-0.1, -0.05) is 11.6 Å². The van der Waals surface area contributed by atoms with E-state index in [2.05, 4.69) is 15.5 Å². The van der Waals surface area contributed by atoms with Crippen molar-refractivity contribution in [3.8, 4) is 0 Å². The van der Waals surface area contributed by atoms with Crippen LogP contribution in [0.3, 0.4) is 0 Å². The molecule has 0 spiro atoms.